The van der Waals surface area contributed by atoms with Crippen molar-refractivity contribution < 1.29 is 0 Å². The highest BCUT2D eigenvalue weighted by Crippen LogP contribution is 2.32. The average molecular weight is 269 g/mol. The Morgan fingerprint density at radius 1 is 1.10 bits per heavy atom. The maximum absolute atomic E-state index is 4.38. The number of nitrogens with one attached hydrogen (secondary N) is 1. The average Bonchev–Trinajstić information content (AvgIpc) is 2.97. The lowest BCUT2D eigenvalue weighted by atomic mass is 9.91. The molecule has 3 nitrogen and oxygen atoms in total. The van der Waals surface area contributed by atoms with Crippen LogP contribution in [0.4, 0.5) is 0 Å². The molecule has 1 aromatic heterocycles. The van der Waals surface area contributed by atoms with Crippen LogP contribution in [0.1, 0.15) is 37.3 Å². The highest BCUT2D eigenvalue weighted by atomic mass is 15.1. The number of rotatable bonds is 3. The third kappa shape index (κ3) is 2.63. The Morgan fingerprint density at radius 3 is 2.45 bits per heavy atom. The van der Waals surface area contributed by atoms with Gasteiger partial charge in [0.25, 0.3) is 0 Å². The van der Waals surface area contributed by atoms with E-state index in [1.807, 2.05) is 12.5 Å². The number of aromatic nitrogens is 2. The van der Waals surface area contributed by atoms with Crippen molar-refractivity contribution in [2.75, 3.05) is 7.05 Å². The van der Waals surface area contributed by atoms with Gasteiger partial charge in [0, 0.05) is 12.1 Å². The molecule has 1 heterocycles. The minimum Gasteiger partial charge on any atom is -0.328 e. The second kappa shape index (κ2) is 5.80. The molecule has 106 valence electrons. The van der Waals surface area contributed by atoms with Gasteiger partial charge < -0.3 is 9.88 Å². The Morgan fingerprint density at radius 2 is 1.80 bits per heavy atom. The normalized spacial score (nSPS) is 22.9. The molecular weight excluding hydrogens is 246 g/mol. The van der Waals surface area contributed by atoms with Crippen molar-refractivity contribution in [1.29, 1.82) is 0 Å². The fourth-order valence-corrected chi connectivity index (χ4v) is 3.19. The van der Waals surface area contributed by atoms with Crippen LogP contribution in [0.5, 0.6) is 0 Å². The molecule has 20 heavy (non-hydrogen) atoms. The van der Waals surface area contributed by atoms with Gasteiger partial charge in [-0.1, -0.05) is 29.8 Å². The van der Waals surface area contributed by atoms with Crippen LogP contribution < -0.4 is 5.32 Å². The highest BCUT2D eigenvalue weighted by molar-refractivity contribution is 5.59. The molecule has 3 heteroatoms. The summed E-state index contributed by atoms with van der Waals surface area (Å²) in [5, 5.41) is 3.40. The first-order valence-electron chi connectivity index (χ1n) is 7.54. The lowest BCUT2D eigenvalue weighted by Crippen LogP contribution is -2.31. The van der Waals surface area contributed by atoms with E-state index in [0.29, 0.717) is 12.1 Å². The fourth-order valence-electron chi connectivity index (χ4n) is 3.19. The van der Waals surface area contributed by atoms with Crippen LogP contribution in [-0.2, 0) is 0 Å². The van der Waals surface area contributed by atoms with Crippen molar-refractivity contribution in [1.82, 2.24) is 14.9 Å². The number of hydrogen-bond acceptors (Lipinski definition) is 2. The quantitative estimate of drug-likeness (QED) is 0.923. The second-order valence-electron chi connectivity index (χ2n) is 5.85. The van der Waals surface area contributed by atoms with Gasteiger partial charge in [0.2, 0.25) is 0 Å². The molecule has 0 aliphatic heterocycles. The van der Waals surface area contributed by atoms with Crippen molar-refractivity contribution in [3.05, 3.63) is 42.4 Å². The molecule has 0 amide bonds. The number of aryl methyl sites for hydroxylation is 1. The first kappa shape index (κ1) is 13.4. The minimum absolute atomic E-state index is 0.596. The van der Waals surface area contributed by atoms with E-state index in [-0.39, 0.29) is 0 Å². The Kier molecular flexibility index (Phi) is 3.88. The van der Waals surface area contributed by atoms with E-state index >= 15 is 0 Å². The lowest BCUT2D eigenvalue weighted by Gasteiger charge is -2.30. The predicted molar refractivity (Wildman–Crippen MR) is 82.8 cm³/mol. The van der Waals surface area contributed by atoms with Gasteiger partial charge in [-0.15, -0.1) is 0 Å². The molecule has 1 aliphatic rings. The number of benzene rings is 1. The van der Waals surface area contributed by atoms with E-state index in [1.54, 1.807) is 0 Å². The minimum atomic E-state index is 0.596. The third-order valence-electron chi connectivity index (χ3n) is 4.51. The van der Waals surface area contributed by atoms with Crippen LogP contribution in [0, 0.1) is 6.92 Å². The van der Waals surface area contributed by atoms with Crippen LogP contribution >= 0.6 is 0 Å². The standard InChI is InChI=1S/C17H23N3/c1-13-3-5-14(6-4-13)17-11-19-12-20(17)16-9-7-15(18-2)8-10-16/h3-6,11-12,15-16,18H,7-10H2,1-2H3. The van der Waals surface area contributed by atoms with E-state index in [1.165, 1.54) is 42.5 Å². The first-order valence-corrected chi connectivity index (χ1v) is 7.54. The summed E-state index contributed by atoms with van der Waals surface area (Å²) >= 11 is 0. The Hall–Kier alpha value is -1.61. The molecule has 3 rings (SSSR count). The molecule has 0 atom stereocenters. The predicted octanol–water partition coefficient (Wildman–Crippen LogP) is 3.56. The van der Waals surface area contributed by atoms with Gasteiger partial charge >= 0.3 is 0 Å². The number of nitrogens with zero attached hydrogens (tertiary/aromatic N) is 2. The van der Waals surface area contributed by atoms with Crippen molar-refractivity contribution in [3.63, 3.8) is 0 Å². The zero-order valence-electron chi connectivity index (χ0n) is 12.3. The van der Waals surface area contributed by atoms with Crippen LogP contribution in [0.15, 0.2) is 36.8 Å². The molecule has 0 bridgehead atoms. The van der Waals surface area contributed by atoms with E-state index in [4.69, 9.17) is 0 Å². The van der Waals surface area contributed by atoms with Gasteiger partial charge in [-0.05, 0) is 45.2 Å². The fraction of sp³-hybridized carbons (Fsp3) is 0.471. The van der Waals surface area contributed by atoms with E-state index in [0.717, 1.165) is 0 Å². The van der Waals surface area contributed by atoms with Crippen LogP contribution in [-0.4, -0.2) is 22.6 Å². The van der Waals surface area contributed by atoms with E-state index in [2.05, 4.69) is 53.1 Å². The van der Waals surface area contributed by atoms with Crippen LogP contribution in [0.25, 0.3) is 11.3 Å². The Bertz CT molecular complexity index is 548. The maximum Gasteiger partial charge on any atom is 0.0953 e. The van der Waals surface area contributed by atoms with Gasteiger partial charge in [0.15, 0.2) is 0 Å². The molecule has 1 aliphatic carbocycles. The second-order valence-corrected chi connectivity index (χ2v) is 5.85. The monoisotopic (exact) mass is 269 g/mol. The summed E-state index contributed by atoms with van der Waals surface area (Å²) < 4.78 is 2.37. The molecule has 2 aromatic rings. The molecule has 0 saturated heterocycles. The summed E-state index contributed by atoms with van der Waals surface area (Å²) in [6.07, 6.45) is 8.98. The molecule has 1 saturated carbocycles. The van der Waals surface area contributed by atoms with Gasteiger partial charge in [0.1, 0.15) is 0 Å². The molecular formula is C17H23N3. The van der Waals surface area contributed by atoms with Gasteiger partial charge in [-0.2, -0.15) is 0 Å². The molecule has 0 radical (unpaired) electrons. The topological polar surface area (TPSA) is 29.9 Å². The molecule has 1 aromatic carbocycles. The smallest absolute Gasteiger partial charge is 0.0953 e. The van der Waals surface area contributed by atoms with Gasteiger partial charge in [-0.25, -0.2) is 4.98 Å². The zero-order valence-corrected chi connectivity index (χ0v) is 12.3. The summed E-state index contributed by atoms with van der Waals surface area (Å²) in [7, 11) is 2.07. The molecule has 0 spiro atoms. The van der Waals surface area contributed by atoms with Crippen molar-refractivity contribution in [3.8, 4) is 11.3 Å². The Balaban J connectivity index is 1.82. The highest BCUT2D eigenvalue weighted by Gasteiger charge is 2.22. The summed E-state index contributed by atoms with van der Waals surface area (Å²) in [6, 6.07) is 10.0. The van der Waals surface area contributed by atoms with Crippen molar-refractivity contribution >= 4 is 0 Å². The van der Waals surface area contributed by atoms with Gasteiger partial charge in [-0.3, -0.25) is 0 Å². The Labute approximate surface area is 121 Å². The summed E-state index contributed by atoms with van der Waals surface area (Å²) in [6.45, 7) is 2.13. The first-order chi connectivity index (χ1) is 9.78. The third-order valence-corrected chi connectivity index (χ3v) is 4.51. The van der Waals surface area contributed by atoms with Crippen LogP contribution in [0.3, 0.4) is 0 Å². The lowest BCUT2D eigenvalue weighted by molar-refractivity contribution is 0.302. The van der Waals surface area contributed by atoms with E-state index < -0.39 is 0 Å². The summed E-state index contributed by atoms with van der Waals surface area (Å²) in [5.41, 5.74) is 3.82. The number of imidazole rings is 1. The largest absolute Gasteiger partial charge is 0.328 e. The molecule has 1 N–H and O–H groups in total. The SMILES string of the molecule is CNC1CCC(n2cncc2-c2ccc(C)cc2)CC1. The van der Waals surface area contributed by atoms with Gasteiger partial charge in [0.05, 0.1) is 18.2 Å². The van der Waals surface area contributed by atoms with Crippen molar-refractivity contribution in [2.24, 2.45) is 0 Å². The van der Waals surface area contributed by atoms with E-state index in [9.17, 15) is 0 Å². The van der Waals surface area contributed by atoms with Crippen LogP contribution in [0.2, 0.25) is 0 Å². The summed E-state index contributed by atoms with van der Waals surface area (Å²) in [4.78, 5) is 4.38. The van der Waals surface area contributed by atoms with Crippen molar-refractivity contribution in [2.45, 2.75) is 44.7 Å². The summed E-state index contributed by atoms with van der Waals surface area (Å²) in [5.74, 6) is 0. The number of hydrogen-bond donors (Lipinski definition) is 1. The zero-order chi connectivity index (χ0) is 13.9. The molecule has 1 fully saturated rings. The molecule has 0 unspecified atom stereocenters. The maximum atomic E-state index is 4.38.